The van der Waals surface area contributed by atoms with Crippen molar-refractivity contribution in [3.63, 3.8) is 0 Å². The van der Waals surface area contributed by atoms with Crippen molar-refractivity contribution in [2.45, 2.75) is 56.6 Å². The summed E-state index contributed by atoms with van der Waals surface area (Å²) in [7, 11) is 0. The number of carbonyl (C=O) groups excluding carboxylic acids is 1. The zero-order chi connectivity index (χ0) is 17.2. The third-order valence-electron chi connectivity index (χ3n) is 5.47. The molecule has 25 heavy (non-hydrogen) atoms. The maximum Gasteiger partial charge on any atom is 0.317 e. The topological polar surface area (TPSA) is 65.5 Å². The van der Waals surface area contributed by atoms with Gasteiger partial charge >= 0.3 is 6.03 Å². The molecule has 0 radical (unpaired) electrons. The molecule has 0 atom stereocenters. The van der Waals surface area contributed by atoms with Crippen molar-refractivity contribution < 1.29 is 9.90 Å². The summed E-state index contributed by atoms with van der Waals surface area (Å²) in [5.74, 6) is 0.464. The van der Waals surface area contributed by atoms with E-state index < -0.39 is 0 Å². The lowest BCUT2D eigenvalue weighted by Crippen LogP contribution is -2.48. The number of nitrogens with zero attached hydrogens (tertiary/aromatic N) is 2. The number of benzene rings is 1. The molecule has 134 valence electrons. The molecule has 0 spiro atoms. The molecule has 1 saturated heterocycles. The minimum Gasteiger partial charge on any atom is -0.393 e. The molecular weight excluding hydrogens is 334 g/mol. The first-order valence-electron chi connectivity index (χ1n) is 9.28. The Bertz CT molecular complexity index is 698. The molecule has 4 rings (SSSR count). The van der Waals surface area contributed by atoms with Crippen molar-refractivity contribution in [3.8, 4) is 0 Å². The van der Waals surface area contributed by atoms with E-state index in [0.717, 1.165) is 57.1 Å². The minimum absolute atomic E-state index is 0.0594. The van der Waals surface area contributed by atoms with Gasteiger partial charge in [0.15, 0.2) is 0 Å². The number of amides is 2. The van der Waals surface area contributed by atoms with Gasteiger partial charge in [0.1, 0.15) is 0 Å². The minimum atomic E-state index is -0.183. The van der Waals surface area contributed by atoms with Crippen molar-refractivity contribution in [3.05, 3.63) is 29.3 Å². The van der Waals surface area contributed by atoms with Crippen LogP contribution in [0.15, 0.2) is 24.3 Å². The number of thiazole rings is 1. The number of aliphatic hydroxyl groups is 1. The number of fused-ring (bicyclic) bond motifs is 1. The van der Waals surface area contributed by atoms with Crippen LogP contribution in [0.5, 0.6) is 0 Å². The van der Waals surface area contributed by atoms with Gasteiger partial charge in [-0.05, 0) is 50.7 Å². The highest BCUT2D eigenvalue weighted by Crippen LogP contribution is 2.33. The molecule has 1 aliphatic heterocycles. The highest BCUT2D eigenvalue weighted by Gasteiger charge is 2.28. The summed E-state index contributed by atoms with van der Waals surface area (Å²) >= 11 is 1.79. The molecule has 1 aliphatic carbocycles. The largest absolute Gasteiger partial charge is 0.393 e. The fraction of sp³-hybridized carbons (Fsp3) is 0.579. The van der Waals surface area contributed by atoms with Crippen molar-refractivity contribution >= 4 is 27.6 Å². The van der Waals surface area contributed by atoms with Crippen LogP contribution in [0.3, 0.4) is 0 Å². The molecule has 1 saturated carbocycles. The number of piperidine rings is 1. The van der Waals surface area contributed by atoms with Gasteiger partial charge in [0, 0.05) is 25.0 Å². The van der Waals surface area contributed by atoms with Crippen molar-refractivity contribution in [2.24, 2.45) is 0 Å². The van der Waals surface area contributed by atoms with Crippen LogP contribution in [0, 0.1) is 0 Å². The highest BCUT2D eigenvalue weighted by atomic mass is 32.1. The predicted molar refractivity (Wildman–Crippen MR) is 100.0 cm³/mol. The Morgan fingerprint density at radius 1 is 1.12 bits per heavy atom. The zero-order valence-corrected chi connectivity index (χ0v) is 15.2. The Morgan fingerprint density at radius 2 is 1.84 bits per heavy atom. The standard InChI is InChI=1S/C19H25N3O2S/c23-15-7-5-14(6-8-15)20-19(24)22-11-9-13(10-12-22)18-21-16-3-1-2-4-17(16)25-18/h1-4,13-15,23H,5-12H2,(H,20,24). The molecular formula is C19H25N3O2S. The number of likely N-dealkylation sites (tertiary alicyclic amines) is 1. The molecule has 2 fully saturated rings. The first-order chi connectivity index (χ1) is 12.2. The van der Waals surface area contributed by atoms with Crippen LogP contribution in [0.2, 0.25) is 0 Å². The van der Waals surface area contributed by atoms with Gasteiger partial charge in [0.25, 0.3) is 0 Å². The van der Waals surface area contributed by atoms with E-state index in [4.69, 9.17) is 4.98 Å². The fourth-order valence-electron chi connectivity index (χ4n) is 3.88. The van der Waals surface area contributed by atoms with E-state index in [9.17, 15) is 9.90 Å². The van der Waals surface area contributed by atoms with Crippen LogP contribution in [-0.2, 0) is 0 Å². The predicted octanol–water partition coefficient (Wildman–Crippen LogP) is 3.49. The van der Waals surface area contributed by atoms with Crippen LogP contribution in [0.4, 0.5) is 4.79 Å². The number of carbonyl (C=O) groups is 1. The van der Waals surface area contributed by atoms with E-state index in [1.165, 1.54) is 9.71 Å². The Morgan fingerprint density at radius 3 is 2.56 bits per heavy atom. The van der Waals surface area contributed by atoms with Crippen molar-refractivity contribution in [1.29, 1.82) is 0 Å². The number of para-hydroxylation sites is 1. The Labute approximate surface area is 152 Å². The second kappa shape index (κ2) is 7.30. The first kappa shape index (κ1) is 16.8. The summed E-state index contributed by atoms with van der Waals surface area (Å²) in [6.07, 6.45) is 5.14. The lowest BCUT2D eigenvalue weighted by atomic mass is 9.93. The summed E-state index contributed by atoms with van der Waals surface area (Å²) in [4.78, 5) is 19.2. The highest BCUT2D eigenvalue weighted by molar-refractivity contribution is 7.18. The Kier molecular flexibility index (Phi) is 4.90. The lowest BCUT2D eigenvalue weighted by molar-refractivity contribution is 0.114. The van der Waals surface area contributed by atoms with Gasteiger partial charge < -0.3 is 15.3 Å². The number of aromatic nitrogens is 1. The van der Waals surface area contributed by atoms with Crippen LogP contribution < -0.4 is 5.32 Å². The van der Waals surface area contributed by atoms with E-state index in [-0.39, 0.29) is 18.2 Å². The monoisotopic (exact) mass is 359 g/mol. The number of aliphatic hydroxyl groups excluding tert-OH is 1. The average molecular weight is 359 g/mol. The SMILES string of the molecule is O=C(NC1CCC(O)CC1)N1CCC(c2nc3ccccc3s2)CC1. The lowest BCUT2D eigenvalue weighted by Gasteiger charge is -2.33. The second-order valence-corrected chi connectivity index (χ2v) is 8.30. The Hall–Kier alpha value is -1.66. The molecule has 5 nitrogen and oxygen atoms in total. The molecule has 2 aliphatic rings. The van der Waals surface area contributed by atoms with Crippen molar-refractivity contribution in [1.82, 2.24) is 15.2 Å². The van der Waals surface area contributed by atoms with Crippen LogP contribution in [-0.4, -0.2) is 46.3 Å². The van der Waals surface area contributed by atoms with Crippen molar-refractivity contribution in [2.75, 3.05) is 13.1 Å². The maximum atomic E-state index is 12.5. The summed E-state index contributed by atoms with van der Waals surface area (Å²) < 4.78 is 1.25. The fourth-order valence-corrected chi connectivity index (χ4v) is 5.02. The normalized spacial score (nSPS) is 25.2. The van der Waals surface area contributed by atoms with E-state index in [1.807, 2.05) is 11.0 Å². The molecule has 1 aromatic heterocycles. The molecule has 2 heterocycles. The molecule has 0 unspecified atom stereocenters. The maximum absolute atomic E-state index is 12.5. The number of urea groups is 1. The molecule has 6 heteroatoms. The summed E-state index contributed by atoms with van der Waals surface area (Å²) in [6, 6.07) is 8.56. The molecule has 2 amide bonds. The molecule has 2 N–H and O–H groups in total. The van der Waals surface area contributed by atoms with E-state index in [2.05, 4.69) is 23.5 Å². The van der Waals surface area contributed by atoms with Gasteiger partial charge in [0.05, 0.1) is 21.3 Å². The molecule has 2 aromatic rings. The van der Waals surface area contributed by atoms with Crippen LogP contribution >= 0.6 is 11.3 Å². The number of hydrogen-bond acceptors (Lipinski definition) is 4. The number of nitrogens with one attached hydrogen (secondary N) is 1. The van der Waals surface area contributed by atoms with Gasteiger partial charge in [-0.1, -0.05) is 12.1 Å². The van der Waals surface area contributed by atoms with Gasteiger partial charge in [0.2, 0.25) is 0 Å². The smallest absolute Gasteiger partial charge is 0.317 e. The summed E-state index contributed by atoms with van der Waals surface area (Å²) in [5.41, 5.74) is 1.09. The molecule has 1 aromatic carbocycles. The summed E-state index contributed by atoms with van der Waals surface area (Å²) in [6.45, 7) is 1.59. The second-order valence-electron chi connectivity index (χ2n) is 7.24. The number of hydrogen-bond donors (Lipinski definition) is 2. The van der Waals surface area contributed by atoms with E-state index in [0.29, 0.717) is 5.92 Å². The third-order valence-corrected chi connectivity index (χ3v) is 6.67. The number of rotatable bonds is 2. The Balaban J connectivity index is 1.31. The summed E-state index contributed by atoms with van der Waals surface area (Å²) in [5, 5.41) is 13.9. The van der Waals surface area contributed by atoms with E-state index in [1.54, 1.807) is 11.3 Å². The van der Waals surface area contributed by atoms with Gasteiger partial charge in [-0.2, -0.15) is 0 Å². The van der Waals surface area contributed by atoms with Gasteiger partial charge in [-0.15, -0.1) is 11.3 Å². The first-order valence-corrected chi connectivity index (χ1v) is 10.1. The van der Waals surface area contributed by atoms with E-state index >= 15 is 0 Å². The third kappa shape index (κ3) is 3.80. The average Bonchev–Trinajstić information content (AvgIpc) is 3.08. The van der Waals surface area contributed by atoms with Gasteiger partial charge in [-0.3, -0.25) is 0 Å². The van der Waals surface area contributed by atoms with Crippen LogP contribution in [0.25, 0.3) is 10.2 Å². The molecule has 0 bridgehead atoms. The van der Waals surface area contributed by atoms with Crippen LogP contribution in [0.1, 0.15) is 49.5 Å². The van der Waals surface area contributed by atoms with Gasteiger partial charge in [-0.25, -0.2) is 9.78 Å². The zero-order valence-electron chi connectivity index (χ0n) is 14.4. The quantitative estimate of drug-likeness (QED) is 0.863.